The molecule has 0 spiro atoms. The third-order valence-electron chi connectivity index (χ3n) is 3.36. The molecule has 0 atom stereocenters. The smallest absolute Gasteiger partial charge is 0.0699 e. The number of rotatable bonds is 7. The monoisotopic (exact) mass is 195 g/mol. The molecule has 2 saturated carbocycles. The summed E-state index contributed by atoms with van der Waals surface area (Å²) in [5.74, 6) is 0. The topological polar surface area (TPSA) is 21.3 Å². The fraction of sp³-hybridized carbons (Fsp3) is 0.833. The molecule has 80 valence electrons. The first-order valence-corrected chi connectivity index (χ1v) is 5.83. The highest BCUT2D eigenvalue weighted by Gasteiger charge is 2.37. The van der Waals surface area contributed by atoms with E-state index in [0.717, 1.165) is 12.6 Å². The second-order valence-electron chi connectivity index (χ2n) is 4.61. The van der Waals surface area contributed by atoms with Crippen molar-refractivity contribution in [2.75, 3.05) is 13.2 Å². The Hall–Kier alpha value is -0.340. The Morgan fingerprint density at radius 3 is 2.71 bits per heavy atom. The number of nitrogens with one attached hydrogen (secondary N) is 1. The van der Waals surface area contributed by atoms with Crippen LogP contribution in [0.3, 0.4) is 0 Å². The van der Waals surface area contributed by atoms with E-state index >= 15 is 0 Å². The molecular weight excluding hydrogens is 174 g/mol. The van der Waals surface area contributed by atoms with Crippen LogP contribution in [0.15, 0.2) is 12.7 Å². The number of hydrogen-bond acceptors (Lipinski definition) is 2. The summed E-state index contributed by atoms with van der Waals surface area (Å²) >= 11 is 0. The van der Waals surface area contributed by atoms with Crippen LogP contribution in [0.4, 0.5) is 0 Å². The van der Waals surface area contributed by atoms with Gasteiger partial charge in [0.05, 0.1) is 12.2 Å². The second kappa shape index (κ2) is 4.45. The predicted octanol–water partition coefficient (Wildman–Crippen LogP) is 2.25. The van der Waals surface area contributed by atoms with Crippen molar-refractivity contribution in [2.45, 2.75) is 50.2 Å². The largest absolute Gasteiger partial charge is 0.371 e. The Bertz CT molecular complexity index is 194. The molecule has 0 aromatic rings. The lowest BCUT2D eigenvalue weighted by Crippen LogP contribution is -2.42. The van der Waals surface area contributed by atoms with E-state index in [1.807, 2.05) is 6.08 Å². The molecule has 2 nitrogen and oxygen atoms in total. The lowest BCUT2D eigenvalue weighted by molar-refractivity contribution is -0.0930. The van der Waals surface area contributed by atoms with Crippen molar-refractivity contribution in [3.8, 4) is 0 Å². The van der Waals surface area contributed by atoms with Gasteiger partial charge in [-0.3, -0.25) is 0 Å². The fourth-order valence-corrected chi connectivity index (χ4v) is 2.06. The van der Waals surface area contributed by atoms with Gasteiger partial charge in [0.1, 0.15) is 0 Å². The Morgan fingerprint density at radius 1 is 1.43 bits per heavy atom. The molecule has 0 radical (unpaired) electrons. The zero-order valence-corrected chi connectivity index (χ0v) is 8.93. The van der Waals surface area contributed by atoms with Crippen LogP contribution in [0.25, 0.3) is 0 Å². The highest BCUT2D eigenvalue weighted by Crippen LogP contribution is 2.38. The minimum absolute atomic E-state index is 0.204. The standard InChI is InChI=1S/C12H21NO/c1-2-10-14-12(6-3-7-12)8-9-13-11-4-5-11/h2,11,13H,1,3-10H2. The maximum atomic E-state index is 5.86. The Balaban J connectivity index is 1.65. The van der Waals surface area contributed by atoms with Gasteiger partial charge >= 0.3 is 0 Å². The lowest BCUT2D eigenvalue weighted by atomic mass is 9.77. The zero-order valence-electron chi connectivity index (χ0n) is 8.93. The Morgan fingerprint density at radius 2 is 2.21 bits per heavy atom. The molecule has 2 rings (SSSR count). The first kappa shape index (κ1) is 10.2. The normalized spacial score (nSPS) is 24.3. The highest BCUT2D eigenvalue weighted by atomic mass is 16.5. The second-order valence-corrected chi connectivity index (χ2v) is 4.61. The van der Waals surface area contributed by atoms with Crippen molar-refractivity contribution >= 4 is 0 Å². The van der Waals surface area contributed by atoms with Crippen LogP contribution in [-0.4, -0.2) is 24.8 Å². The molecule has 2 fully saturated rings. The Labute approximate surface area is 86.7 Å². The van der Waals surface area contributed by atoms with Gasteiger partial charge in [0.15, 0.2) is 0 Å². The van der Waals surface area contributed by atoms with E-state index in [1.165, 1.54) is 38.5 Å². The highest BCUT2D eigenvalue weighted by molar-refractivity contribution is 4.92. The van der Waals surface area contributed by atoms with E-state index in [-0.39, 0.29) is 5.60 Å². The van der Waals surface area contributed by atoms with Crippen LogP contribution in [0, 0.1) is 0 Å². The first-order valence-electron chi connectivity index (χ1n) is 5.83. The van der Waals surface area contributed by atoms with Crippen molar-refractivity contribution < 1.29 is 4.74 Å². The molecule has 0 heterocycles. The van der Waals surface area contributed by atoms with E-state index < -0.39 is 0 Å². The molecule has 14 heavy (non-hydrogen) atoms. The molecule has 2 heteroatoms. The van der Waals surface area contributed by atoms with Gasteiger partial charge in [-0.1, -0.05) is 6.08 Å². The number of hydrogen-bond donors (Lipinski definition) is 1. The quantitative estimate of drug-likeness (QED) is 0.629. The van der Waals surface area contributed by atoms with E-state index in [2.05, 4.69) is 11.9 Å². The van der Waals surface area contributed by atoms with Crippen LogP contribution in [0.1, 0.15) is 38.5 Å². The molecule has 0 aromatic carbocycles. The molecule has 2 aliphatic rings. The van der Waals surface area contributed by atoms with Gasteiger partial charge in [-0.15, -0.1) is 6.58 Å². The summed E-state index contributed by atoms with van der Waals surface area (Å²) in [6.45, 7) is 5.54. The summed E-state index contributed by atoms with van der Waals surface area (Å²) in [7, 11) is 0. The van der Waals surface area contributed by atoms with Crippen LogP contribution >= 0.6 is 0 Å². The molecule has 0 unspecified atom stereocenters. The molecule has 1 N–H and O–H groups in total. The lowest BCUT2D eigenvalue weighted by Gasteiger charge is -2.41. The van der Waals surface area contributed by atoms with Crippen LogP contribution in [0.5, 0.6) is 0 Å². The van der Waals surface area contributed by atoms with Crippen molar-refractivity contribution in [1.29, 1.82) is 0 Å². The summed E-state index contributed by atoms with van der Waals surface area (Å²) < 4.78 is 5.86. The zero-order chi connectivity index (χ0) is 9.86. The maximum absolute atomic E-state index is 5.86. The van der Waals surface area contributed by atoms with Gasteiger partial charge in [0.2, 0.25) is 0 Å². The van der Waals surface area contributed by atoms with Crippen LogP contribution < -0.4 is 5.32 Å². The fourth-order valence-electron chi connectivity index (χ4n) is 2.06. The van der Waals surface area contributed by atoms with Gasteiger partial charge < -0.3 is 10.1 Å². The van der Waals surface area contributed by atoms with Gasteiger partial charge in [-0.05, 0) is 45.1 Å². The maximum Gasteiger partial charge on any atom is 0.0699 e. The molecule has 0 aromatic heterocycles. The third kappa shape index (κ3) is 2.58. The summed E-state index contributed by atoms with van der Waals surface area (Å²) in [5.41, 5.74) is 0.204. The van der Waals surface area contributed by atoms with Crippen LogP contribution in [0.2, 0.25) is 0 Å². The van der Waals surface area contributed by atoms with Gasteiger partial charge in [-0.2, -0.15) is 0 Å². The molecular formula is C12H21NO. The van der Waals surface area contributed by atoms with Crippen molar-refractivity contribution in [1.82, 2.24) is 5.32 Å². The third-order valence-corrected chi connectivity index (χ3v) is 3.36. The van der Waals surface area contributed by atoms with Crippen molar-refractivity contribution in [3.63, 3.8) is 0 Å². The van der Waals surface area contributed by atoms with Gasteiger partial charge in [0.25, 0.3) is 0 Å². The van der Waals surface area contributed by atoms with Crippen molar-refractivity contribution in [2.24, 2.45) is 0 Å². The molecule has 0 saturated heterocycles. The molecule has 2 aliphatic carbocycles. The number of ether oxygens (including phenoxy) is 1. The van der Waals surface area contributed by atoms with E-state index in [0.29, 0.717) is 6.61 Å². The van der Waals surface area contributed by atoms with E-state index in [1.54, 1.807) is 0 Å². The minimum atomic E-state index is 0.204. The molecule has 0 amide bonds. The van der Waals surface area contributed by atoms with Crippen molar-refractivity contribution in [3.05, 3.63) is 12.7 Å². The molecule has 0 aliphatic heterocycles. The van der Waals surface area contributed by atoms with E-state index in [4.69, 9.17) is 4.74 Å². The predicted molar refractivity (Wildman–Crippen MR) is 58.4 cm³/mol. The van der Waals surface area contributed by atoms with Gasteiger partial charge in [-0.25, -0.2) is 0 Å². The first-order chi connectivity index (χ1) is 6.85. The minimum Gasteiger partial charge on any atom is -0.371 e. The average Bonchev–Trinajstić information content (AvgIpc) is 2.92. The summed E-state index contributed by atoms with van der Waals surface area (Å²) in [6.07, 6.45) is 9.60. The Kier molecular flexibility index (Phi) is 3.24. The summed E-state index contributed by atoms with van der Waals surface area (Å²) in [5, 5.41) is 3.55. The SMILES string of the molecule is C=CCOC1(CCNC2CC2)CCC1. The molecule has 0 bridgehead atoms. The summed E-state index contributed by atoms with van der Waals surface area (Å²) in [4.78, 5) is 0. The average molecular weight is 195 g/mol. The van der Waals surface area contributed by atoms with E-state index in [9.17, 15) is 0 Å². The summed E-state index contributed by atoms with van der Waals surface area (Å²) in [6, 6.07) is 0.825. The van der Waals surface area contributed by atoms with Gasteiger partial charge in [0, 0.05) is 6.04 Å². The van der Waals surface area contributed by atoms with Crippen LogP contribution in [-0.2, 0) is 4.74 Å².